The second kappa shape index (κ2) is 7.01. The predicted octanol–water partition coefficient (Wildman–Crippen LogP) is 1.65. The molecule has 7 nitrogen and oxygen atoms in total. The van der Waals surface area contributed by atoms with Crippen LogP contribution in [0.15, 0.2) is 23.3 Å². The molecular weight excluding hydrogens is 274 g/mol. The highest BCUT2D eigenvalue weighted by molar-refractivity contribution is 5.76. The molecule has 0 N–H and O–H groups in total. The number of likely N-dealkylation sites (N-methyl/N-ethyl adjacent to an activating group) is 1. The number of pyridine rings is 1. The molecule has 1 atom stereocenters. The molecule has 1 aromatic rings. The molecule has 0 fully saturated rings. The normalized spacial score (nSPS) is 12.2. The van der Waals surface area contributed by atoms with Crippen molar-refractivity contribution in [2.24, 2.45) is 5.92 Å². The zero-order valence-electron chi connectivity index (χ0n) is 12.8. The molecule has 116 valence electrons. The summed E-state index contributed by atoms with van der Waals surface area (Å²) in [7, 11) is 1.71. The molecule has 1 rings (SSSR count). The number of rotatable bonds is 6. The first-order valence-corrected chi connectivity index (χ1v) is 6.82. The molecule has 0 spiro atoms. The summed E-state index contributed by atoms with van der Waals surface area (Å²) in [4.78, 5) is 35.1. The first kappa shape index (κ1) is 16.9. The van der Waals surface area contributed by atoms with Crippen LogP contribution in [0.1, 0.15) is 27.2 Å². The first-order chi connectivity index (χ1) is 9.72. The van der Waals surface area contributed by atoms with Crippen LogP contribution >= 0.6 is 0 Å². The topological polar surface area (TPSA) is 85.5 Å². The lowest BCUT2D eigenvalue weighted by Crippen LogP contribution is -2.38. The average Bonchev–Trinajstić information content (AvgIpc) is 2.38. The van der Waals surface area contributed by atoms with Gasteiger partial charge in [-0.05, 0) is 19.3 Å². The number of nitro groups is 1. The lowest BCUT2D eigenvalue weighted by atomic mass is 10.0. The summed E-state index contributed by atoms with van der Waals surface area (Å²) in [5.74, 6) is 0.324. The number of hydrogen-bond acceptors (Lipinski definition) is 4. The summed E-state index contributed by atoms with van der Waals surface area (Å²) in [5.41, 5.74) is -1.19. The van der Waals surface area contributed by atoms with E-state index in [9.17, 15) is 19.7 Å². The molecule has 0 saturated carbocycles. The van der Waals surface area contributed by atoms with Crippen molar-refractivity contribution >= 4 is 11.6 Å². The van der Waals surface area contributed by atoms with E-state index in [2.05, 4.69) is 13.8 Å². The van der Waals surface area contributed by atoms with Gasteiger partial charge in [-0.2, -0.15) is 0 Å². The molecule has 0 aliphatic heterocycles. The summed E-state index contributed by atoms with van der Waals surface area (Å²) in [5, 5.41) is 10.7. The number of carbonyl (C=O) groups excluding carboxylic acids is 1. The number of amides is 1. The van der Waals surface area contributed by atoms with Gasteiger partial charge in [-0.15, -0.1) is 0 Å². The third-order valence-electron chi connectivity index (χ3n) is 3.34. The fraction of sp³-hybridized carbons (Fsp3) is 0.571. The van der Waals surface area contributed by atoms with Gasteiger partial charge in [0.05, 0.1) is 11.1 Å². The minimum Gasteiger partial charge on any atom is -0.341 e. The highest BCUT2D eigenvalue weighted by atomic mass is 16.6. The van der Waals surface area contributed by atoms with Gasteiger partial charge in [0.2, 0.25) is 5.91 Å². The minimum atomic E-state index is -0.742. The summed E-state index contributed by atoms with van der Waals surface area (Å²) < 4.78 is 1.36. The van der Waals surface area contributed by atoms with Gasteiger partial charge < -0.3 is 9.47 Å². The highest BCUT2D eigenvalue weighted by Gasteiger charge is 2.18. The molecule has 1 unspecified atom stereocenters. The van der Waals surface area contributed by atoms with Gasteiger partial charge in [-0.3, -0.25) is 19.7 Å². The van der Waals surface area contributed by atoms with Crippen LogP contribution in [0.5, 0.6) is 0 Å². The Hall–Kier alpha value is -2.18. The van der Waals surface area contributed by atoms with Gasteiger partial charge in [-0.1, -0.05) is 13.8 Å². The molecule has 0 radical (unpaired) electrons. The zero-order valence-corrected chi connectivity index (χ0v) is 12.8. The lowest BCUT2D eigenvalue weighted by Gasteiger charge is -2.26. The second-order valence-corrected chi connectivity index (χ2v) is 5.61. The smallest absolute Gasteiger partial charge is 0.332 e. The van der Waals surface area contributed by atoms with Crippen molar-refractivity contribution in [3.05, 3.63) is 38.8 Å². The Morgan fingerprint density at radius 2 is 2.05 bits per heavy atom. The summed E-state index contributed by atoms with van der Waals surface area (Å²) >= 11 is 0. The van der Waals surface area contributed by atoms with E-state index in [0.717, 1.165) is 18.7 Å². The Kier molecular flexibility index (Phi) is 5.63. The van der Waals surface area contributed by atoms with Gasteiger partial charge in [0.1, 0.15) is 6.54 Å². The standard InChI is InChI=1S/C14H21N3O4/c1-10(2)7-11(3)15(4)14(19)9-16-6-5-13(18)12(8-16)17(20)21/h5-6,8,10-11H,7,9H2,1-4H3. The molecule has 1 heterocycles. The van der Waals surface area contributed by atoms with E-state index in [1.807, 2.05) is 6.92 Å². The molecular formula is C14H21N3O4. The quantitative estimate of drug-likeness (QED) is 0.590. The fourth-order valence-electron chi connectivity index (χ4n) is 2.10. The van der Waals surface area contributed by atoms with Crippen LogP contribution in [-0.4, -0.2) is 33.4 Å². The van der Waals surface area contributed by atoms with E-state index in [0.29, 0.717) is 5.92 Å². The van der Waals surface area contributed by atoms with Crippen LogP contribution in [0.3, 0.4) is 0 Å². The maximum atomic E-state index is 12.2. The van der Waals surface area contributed by atoms with Crippen LogP contribution in [0.4, 0.5) is 5.69 Å². The van der Waals surface area contributed by atoms with Crippen molar-refractivity contribution in [2.45, 2.75) is 39.8 Å². The molecule has 0 bridgehead atoms. The Morgan fingerprint density at radius 3 is 2.57 bits per heavy atom. The van der Waals surface area contributed by atoms with Gasteiger partial charge in [-0.25, -0.2) is 0 Å². The third-order valence-corrected chi connectivity index (χ3v) is 3.34. The fourth-order valence-corrected chi connectivity index (χ4v) is 2.10. The van der Waals surface area contributed by atoms with Gasteiger partial charge >= 0.3 is 5.69 Å². The Balaban J connectivity index is 2.81. The maximum absolute atomic E-state index is 12.2. The van der Waals surface area contributed by atoms with Crippen molar-refractivity contribution in [3.63, 3.8) is 0 Å². The van der Waals surface area contributed by atoms with Gasteiger partial charge in [0.15, 0.2) is 0 Å². The van der Waals surface area contributed by atoms with Gasteiger partial charge in [0.25, 0.3) is 5.43 Å². The third kappa shape index (κ3) is 4.70. The van der Waals surface area contributed by atoms with Crippen LogP contribution in [0.25, 0.3) is 0 Å². The second-order valence-electron chi connectivity index (χ2n) is 5.61. The Morgan fingerprint density at radius 1 is 1.43 bits per heavy atom. The average molecular weight is 295 g/mol. The molecule has 21 heavy (non-hydrogen) atoms. The SMILES string of the molecule is CC(C)CC(C)N(C)C(=O)Cn1ccc(=O)c([N+](=O)[O-])c1. The number of carbonyl (C=O) groups is 1. The van der Waals surface area contributed by atoms with Crippen molar-refractivity contribution in [1.29, 1.82) is 0 Å². The van der Waals surface area contributed by atoms with Crippen LogP contribution in [0, 0.1) is 16.0 Å². The lowest BCUT2D eigenvalue weighted by molar-refractivity contribution is -0.386. The molecule has 1 aromatic heterocycles. The minimum absolute atomic E-state index is 0.0277. The molecule has 0 saturated heterocycles. The van der Waals surface area contributed by atoms with E-state index in [1.54, 1.807) is 11.9 Å². The Bertz CT molecular complexity index is 580. The van der Waals surface area contributed by atoms with E-state index >= 15 is 0 Å². The predicted molar refractivity (Wildman–Crippen MR) is 79.0 cm³/mol. The molecule has 1 amide bonds. The Labute approximate surface area is 123 Å². The largest absolute Gasteiger partial charge is 0.341 e. The van der Waals surface area contributed by atoms with Crippen LogP contribution in [-0.2, 0) is 11.3 Å². The number of aromatic nitrogens is 1. The van der Waals surface area contributed by atoms with E-state index in [-0.39, 0.29) is 18.5 Å². The summed E-state index contributed by atoms with van der Waals surface area (Å²) in [6.45, 7) is 6.10. The maximum Gasteiger partial charge on any atom is 0.332 e. The van der Waals surface area contributed by atoms with Crippen molar-refractivity contribution in [3.8, 4) is 0 Å². The van der Waals surface area contributed by atoms with Gasteiger partial charge in [0, 0.05) is 25.4 Å². The summed E-state index contributed by atoms with van der Waals surface area (Å²) in [6, 6.07) is 1.19. The monoisotopic (exact) mass is 295 g/mol. The van der Waals surface area contributed by atoms with E-state index in [1.165, 1.54) is 10.8 Å². The first-order valence-electron chi connectivity index (χ1n) is 6.82. The van der Waals surface area contributed by atoms with Crippen molar-refractivity contribution < 1.29 is 9.72 Å². The summed E-state index contributed by atoms with van der Waals surface area (Å²) in [6.07, 6.45) is 3.36. The molecule has 0 aliphatic carbocycles. The van der Waals surface area contributed by atoms with E-state index < -0.39 is 16.0 Å². The van der Waals surface area contributed by atoms with E-state index in [4.69, 9.17) is 0 Å². The zero-order chi connectivity index (χ0) is 16.2. The molecule has 0 aliphatic rings. The molecule has 7 heteroatoms. The van der Waals surface area contributed by atoms with Crippen LogP contribution < -0.4 is 5.43 Å². The molecule has 0 aromatic carbocycles. The number of hydrogen-bond donors (Lipinski definition) is 0. The van der Waals surface area contributed by atoms with Crippen molar-refractivity contribution in [1.82, 2.24) is 9.47 Å². The van der Waals surface area contributed by atoms with Crippen molar-refractivity contribution in [2.75, 3.05) is 7.05 Å². The number of nitrogens with zero attached hydrogens (tertiary/aromatic N) is 3. The highest BCUT2D eigenvalue weighted by Crippen LogP contribution is 2.10. The van der Waals surface area contributed by atoms with Crippen LogP contribution in [0.2, 0.25) is 0 Å².